The molecule has 1 fully saturated rings. The van der Waals surface area contributed by atoms with E-state index >= 15 is 0 Å². The van der Waals surface area contributed by atoms with Gasteiger partial charge in [-0.3, -0.25) is 10.1 Å². The van der Waals surface area contributed by atoms with Crippen molar-refractivity contribution < 1.29 is 14.8 Å². The lowest BCUT2D eigenvalue weighted by Crippen LogP contribution is -2.35. The molecule has 0 amide bonds. The number of benzene rings is 1. The normalized spacial score (nSPS) is 16.2. The van der Waals surface area contributed by atoms with Crippen molar-refractivity contribution in [3.05, 3.63) is 33.9 Å². The van der Waals surface area contributed by atoms with Crippen molar-refractivity contribution >= 4 is 17.3 Å². The highest BCUT2D eigenvalue weighted by Crippen LogP contribution is 2.33. The predicted molar refractivity (Wildman–Crippen MR) is 79.8 cm³/mol. The Morgan fingerprint density at radius 2 is 2.00 bits per heavy atom. The number of rotatable bonds is 4. The number of hydrogen-bond acceptors (Lipinski definition) is 4. The average molecular weight is 292 g/mol. The van der Waals surface area contributed by atoms with Crippen LogP contribution in [0.1, 0.15) is 37.0 Å². The van der Waals surface area contributed by atoms with E-state index in [2.05, 4.69) is 13.8 Å². The van der Waals surface area contributed by atoms with E-state index in [-0.39, 0.29) is 11.3 Å². The van der Waals surface area contributed by atoms with Crippen LogP contribution in [-0.4, -0.2) is 29.1 Å². The third kappa shape index (κ3) is 3.32. The molecule has 1 N–H and O–H groups in total. The maximum Gasteiger partial charge on any atom is 0.335 e. The minimum atomic E-state index is -1.15. The van der Waals surface area contributed by atoms with Crippen LogP contribution in [0.25, 0.3) is 0 Å². The van der Waals surface area contributed by atoms with Gasteiger partial charge < -0.3 is 10.0 Å². The second-order valence-corrected chi connectivity index (χ2v) is 5.83. The first kappa shape index (κ1) is 15.3. The van der Waals surface area contributed by atoms with E-state index in [1.807, 2.05) is 4.90 Å². The smallest absolute Gasteiger partial charge is 0.335 e. The van der Waals surface area contributed by atoms with Crippen LogP contribution in [0.15, 0.2) is 18.2 Å². The minimum Gasteiger partial charge on any atom is -0.478 e. The molecule has 6 heteroatoms. The number of piperidine rings is 1. The summed E-state index contributed by atoms with van der Waals surface area (Å²) in [6, 6.07) is 4.13. The lowest BCUT2D eigenvalue weighted by molar-refractivity contribution is -0.384. The maximum atomic E-state index is 11.2. The maximum absolute atomic E-state index is 11.2. The zero-order valence-electron chi connectivity index (χ0n) is 12.3. The van der Waals surface area contributed by atoms with E-state index in [1.54, 1.807) is 6.07 Å². The molecule has 0 unspecified atom stereocenters. The Bertz CT molecular complexity index is 549. The van der Waals surface area contributed by atoms with Crippen molar-refractivity contribution in [2.45, 2.75) is 26.7 Å². The first-order chi connectivity index (χ1) is 9.90. The van der Waals surface area contributed by atoms with E-state index in [4.69, 9.17) is 5.11 Å². The van der Waals surface area contributed by atoms with Gasteiger partial charge in [-0.05, 0) is 36.8 Å². The lowest BCUT2D eigenvalue weighted by atomic mass is 9.86. The fourth-order valence-electron chi connectivity index (χ4n) is 2.88. The average Bonchev–Trinajstić information content (AvgIpc) is 2.46. The number of carboxylic acids is 1. The SMILES string of the molecule is CC(C)C1CCN(c2ccc(C(=O)O)cc2[N+](=O)[O-])CC1. The molecule has 1 heterocycles. The molecule has 0 saturated carbocycles. The Morgan fingerprint density at radius 1 is 1.38 bits per heavy atom. The molecule has 1 aliphatic heterocycles. The van der Waals surface area contributed by atoms with Gasteiger partial charge in [-0.25, -0.2) is 4.79 Å². The van der Waals surface area contributed by atoms with Gasteiger partial charge in [0.05, 0.1) is 10.5 Å². The molecule has 1 saturated heterocycles. The lowest BCUT2D eigenvalue weighted by Gasteiger charge is -2.35. The van der Waals surface area contributed by atoms with Crippen molar-refractivity contribution in [3.63, 3.8) is 0 Å². The Labute approximate surface area is 123 Å². The van der Waals surface area contributed by atoms with Gasteiger partial charge in [0.2, 0.25) is 0 Å². The minimum absolute atomic E-state index is 0.0532. The molecule has 0 bridgehead atoms. The molecule has 1 aliphatic rings. The molecular formula is C15H20N2O4. The Balaban J connectivity index is 2.24. The largest absolute Gasteiger partial charge is 0.478 e. The van der Waals surface area contributed by atoms with Gasteiger partial charge in [0.25, 0.3) is 5.69 Å². The molecular weight excluding hydrogens is 272 g/mol. The fraction of sp³-hybridized carbons (Fsp3) is 0.533. The van der Waals surface area contributed by atoms with Crippen molar-refractivity contribution in [1.82, 2.24) is 0 Å². The molecule has 21 heavy (non-hydrogen) atoms. The predicted octanol–water partition coefficient (Wildman–Crippen LogP) is 3.17. The van der Waals surface area contributed by atoms with E-state index in [0.717, 1.165) is 32.0 Å². The van der Waals surface area contributed by atoms with Gasteiger partial charge in [-0.2, -0.15) is 0 Å². The highest BCUT2D eigenvalue weighted by atomic mass is 16.6. The Kier molecular flexibility index (Phi) is 4.45. The number of anilines is 1. The number of nitrogens with zero attached hydrogens (tertiary/aromatic N) is 2. The number of carbonyl (C=O) groups is 1. The summed E-state index contributed by atoms with van der Waals surface area (Å²) >= 11 is 0. The van der Waals surface area contributed by atoms with Crippen LogP contribution >= 0.6 is 0 Å². The van der Waals surface area contributed by atoms with Crippen LogP contribution in [0.5, 0.6) is 0 Å². The number of nitro groups is 1. The van der Waals surface area contributed by atoms with Crippen LogP contribution in [-0.2, 0) is 0 Å². The molecule has 6 nitrogen and oxygen atoms in total. The fourth-order valence-corrected chi connectivity index (χ4v) is 2.88. The first-order valence-electron chi connectivity index (χ1n) is 7.17. The van der Waals surface area contributed by atoms with Crippen LogP contribution in [0, 0.1) is 22.0 Å². The number of nitro benzene ring substituents is 1. The van der Waals surface area contributed by atoms with E-state index in [9.17, 15) is 14.9 Å². The van der Waals surface area contributed by atoms with Crippen LogP contribution in [0.4, 0.5) is 11.4 Å². The van der Waals surface area contributed by atoms with Gasteiger partial charge in [0.15, 0.2) is 0 Å². The summed E-state index contributed by atoms with van der Waals surface area (Å²) in [7, 11) is 0. The van der Waals surface area contributed by atoms with Gasteiger partial charge in [0, 0.05) is 19.2 Å². The van der Waals surface area contributed by atoms with Crippen LogP contribution < -0.4 is 4.90 Å². The molecule has 114 valence electrons. The summed E-state index contributed by atoms with van der Waals surface area (Å²) in [5.41, 5.74) is 0.340. The van der Waals surface area contributed by atoms with Crippen molar-refractivity contribution in [2.24, 2.45) is 11.8 Å². The Hall–Kier alpha value is -2.11. The summed E-state index contributed by atoms with van der Waals surface area (Å²) < 4.78 is 0. The van der Waals surface area contributed by atoms with E-state index < -0.39 is 10.9 Å². The quantitative estimate of drug-likeness (QED) is 0.680. The third-order valence-corrected chi connectivity index (χ3v) is 4.24. The molecule has 1 aromatic rings. The van der Waals surface area contributed by atoms with Gasteiger partial charge in [0.1, 0.15) is 5.69 Å². The highest BCUT2D eigenvalue weighted by molar-refractivity contribution is 5.89. The summed E-state index contributed by atoms with van der Waals surface area (Å²) in [6.07, 6.45) is 2.02. The second-order valence-electron chi connectivity index (χ2n) is 5.83. The monoisotopic (exact) mass is 292 g/mol. The molecule has 0 atom stereocenters. The molecule has 0 aromatic heterocycles. The van der Waals surface area contributed by atoms with Gasteiger partial charge in [-0.15, -0.1) is 0 Å². The van der Waals surface area contributed by atoms with Crippen LogP contribution in [0.2, 0.25) is 0 Å². The summed E-state index contributed by atoms with van der Waals surface area (Å²) in [6.45, 7) is 5.95. The Morgan fingerprint density at radius 3 is 2.48 bits per heavy atom. The molecule has 0 spiro atoms. The van der Waals surface area contributed by atoms with Gasteiger partial charge >= 0.3 is 5.97 Å². The van der Waals surface area contributed by atoms with E-state index in [0.29, 0.717) is 17.5 Å². The molecule has 0 radical (unpaired) electrons. The molecule has 0 aliphatic carbocycles. The first-order valence-corrected chi connectivity index (χ1v) is 7.17. The van der Waals surface area contributed by atoms with Gasteiger partial charge in [-0.1, -0.05) is 13.8 Å². The number of carboxylic acid groups (broad SMARTS) is 1. The molecule has 2 rings (SSSR count). The van der Waals surface area contributed by atoms with Crippen LogP contribution in [0.3, 0.4) is 0 Å². The highest BCUT2D eigenvalue weighted by Gasteiger charge is 2.26. The summed E-state index contributed by atoms with van der Waals surface area (Å²) in [5.74, 6) is 0.123. The van der Waals surface area contributed by atoms with Crippen molar-refractivity contribution in [1.29, 1.82) is 0 Å². The zero-order chi connectivity index (χ0) is 15.6. The number of hydrogen-bond donors (Lipinski definition) is 1. The third-order valence-electron chi connectivity index (χ3n) is 4.24. The second kappa shape index (κ2) is 6.11. The van der Waals surface area contributed by atoms with Crippen molar-refractivity contribution in [2.75, 3.05) is 18.0 Å². The standard InChI is InChI=1S/C15H20N2O4/c1-10(2)11-5-7-16(8-6-11)13-4-3-12(15(18)19)9-14(13)17(20)21/h3-4,9-11H,5-8H2,1-2H3,(H,18,19). The van der Waals surface area contributed by atoms with E-state index in [1.165, 1.54) is 6.07 Å². The van der Waals surface area contributed by atoms with Crippen molar-refractivity contribution in [3.8, 4) is 0 Å². The topological polar surface area (TPSA) is 83.7 Å². The zero-order valence-corrected chi connectivity index (χ0v) is 12.3. The summed E-state index contributed by atoms with van der Waals surface area (Å²) in [4.78, 5) is 23.6. The number of aromatic carboxylic acids is 1. The summed E-state index contributed by atoms with van der Waals surface area (Å²) in [5, 5.41) is 20.1. The molecule has 1 aromatic carbocycles.